The van der Waals surface area contributed by atoms with Gasteiger partial charge in [-0.2, -0.15) is 0 Å². The van der Waals surface area contributed by atoms with Crippen molar-refractivity contribution in [3.05, 3.63) is 24.3 Å². The second-order valence-electron chi connectivity index (χ2n) is 6.45. The zero-order valence-corrected chi connectivity index (χ0v) is 15.5. The molecule has 0 unspecified atom stereocenters. The lowest BCUT2D eigenvalue weighted by atomic mass is 10.1. The molecule has 0 spiro atoms. The molecule has 0 aromatic heterocycles. The van der Waals surface area contributed by atoms with Crippen molar-refractivity contribution in [3.8, 4) is 0 Å². The van der Waals surface area contributed by atoms with E-state index in [2.05, 4.69) is 32.6 Å². The average molecular weight is 364 g/mol. The standard InChI is InChI=1S/C17H25N5S2/c18-16(23)20-17(24)19-13-5-7-15(8-6-13)22-11-9-21(10-12-22)14-3-1-2-4-14/h5-8,14H,1-4,9-12H2,(H4,18,19,20,23,24). The highest BCUT2D eigenvalue weighted by Crippen LogP contribution is 2.26. The molecule has 1 aromatic carbocycles. The van der Waals surface area contributed by atoms with E-state index in [1.165, 1.54) is 44.5 Å². The zero-order chi connectivity index (χ0) is 16.9. The van der Waals surface area contributed by atoms with Crippen LogP contribution >= 0.6 is 24.4 Å². The Labute approximate surface area is 154 Å². The van der Waals surface area contributed by atoms with Crippen LogP contribution in [0.25, 0.3) is 0 Å². The maximum atomic E-state index is 5.41. The minimum Gasteiger partial charge on any atom is -0.376 e. The van der Waals surface area contributed by atoms with Crippen LogP contribution < -0.4 is 21.3 Å². The summed E-state index contributed by atoms with van der Waals surface area (Å²) in [7, 11) is 0. The number of nitrogens with one attached hydrogen (secondary N) is 2. The number of piperazine rings is 1. The fourth-order valence-electron chi connectivity index (χ4n) is 3.64. The van der Waals surface area contributed by atoms with Gasteiger partial charge in [-0.3, -0.25) is 4.90 Å². The zero-order valence-electron chi connectivity index (χ0n) is 13.8. The fourth-order valence-corrected chi connectivity index (χ4v) is 4.04. The largest absolute Gasteiger partial charge is 0.376 e. The van der Waals surface area contributed by atoms with E-state index in [9.17, 15) is 0 Å². The highest BCUT2D eigenvalue weighted by atomic mass is 32.1. The number of rotatable bonds is 3. The van der Waals surface area contributed by atoms with E-state index in [0.717, 1.165) is 24.8 Å². The first-order valence-electron chi connectivity index (χ1n) is 8.58. The molecule has 1 aromatic rings. The van der Waals surface area contributed by atoms with Gasteiger partial charge in [0.15, 0.2) is 10.2 Å². The quantitative estimate of drug-likeness (QED) is 0.712. The maximum absolute atomic E-state index is 5.41. The number of hydrogen-bond acceptors (Lipinski definition) is 4. The smallest absolute Gasteiger partial charge is 0.177 e. The van der Waals surface area contributed by atoms with Gasteiger partial charge in [-0.15, -0.1) is 0 Å². The molecule has 1 aliphatic heterocycles. The number of thiocarbonyl (C=S) groups is 2. The summed E-state index contributed by atoms with van der Waals surface area (Å²) >= 11 is 9.90. The summed E-state index contributed by atoms with van der Waals surface area (Å²) in [5.74, 6) is 0. The van der Waals surface area contributed by atoms with Gasteiger partial charge in [-0.1, -0.05) is 12.8 Å². The molecule has 4 N–H and O–H groups in total. The number of nitrogens with two attached hydrogens (primary N) is 1. The summed E-state index contributed by atoms with van der Waals surface area (Å²) in [6.45, 7) is 4.55. The molecule has 1 saturated heterocycles. The van der Waals surface area contributed by atoms with Crippen molar-refractivity contribution in [2.45, 2.75) is 31.7 Å². The molecule has 0 radical (unpaired) electrons. The molecule has 2 fully saturated rings. The van der Waals surface area contributed by atoms with Crippen molar-refractivity contribution < 1.29 is 0 Å². The van der Waals surface area contributed by atoms with Crippen LogP contribution in [0.1, 0.15) is 25.7 Å². The Morgan fingerprint density at radius 2 is 1.62 bits per heavy atom. The van der Waals surface area contributed by atoms with Crippen LogP contribution in [-0.4, -0.2) is 47.3 Å². The van der Waals surface area contributed by atoms with Gasteiger partial charge in [-0.05, 0) is 61.5 Å². The van der Waals surface area contributed by atoms with Crippen molar-refractivity contribution >= 4 is 46.0 Å². The molecular weight excluding hydrogens is 338 g/mol. The van der Waals surface area contributed by atoms with Crippen molar-refractivity contribution in [2.24, 2.45) is 5.73 Å². The summed E-state index contributed by atoms with van der Waals surface area (Å²) < 4.78 is 0. The lowest BCUT2D eigenvalue weighted by molar-refractivity contribution is 0.187. The molecule has 1 heterocycles. The third kappa shape index (κ3) is 4.55. The van der Waals surface area contributed by atoms with Gasteiger partial charge in [-0.25, -0.2) is 0 Å². The molecule has 0 amide bonds. The van der Waals surface area contributed by atoms with Gasteiger partial charge in [0.25, 0.3) is 0 Å². The molecule has 7 heteroatoms. The Kier molecular flexibility index (Phi) is 5.86. The first-order valence-corrected chi connectivity index (χ1v) is 9.40. The topological polar surface area (TPSA) is 56.6 Å². The van der Waals surface area contributed by atoms with Gasteiger partial charge < -0.3 is 21.3 Å². The molecule has 3 rings (SSSR count). The summed E-state index contributed by atoms with van der Waals surface area (Å²) in [6.07, 6.45) is 5.59. The van der Waals surface area contributed by atoms with Crippen LogP contribution in [0.4, 0.5) is 11.4 Å². The van der Waals surface area contributed by atoms with Crippen LogP contribution in [-0.2, 0) is 0 Å². The fraction of sp³-hybridized carbons (Fsp3) is 0.529. The van der Waals surface area contributed by atoms with Gasteiger partial charge >= 0.3 is 0 Å². The van der Waals surface area contributed by atoms with Crippen LogP contribution in [0, 0.1) is 0 Å². The minimum atomic E-state index is 0.171. The van der Waals surface area contributed by atoms with E-state index in [4.69, 9.17) is 30.2 Å². The molecule has 1 aliphatic carbocycles. The summed E-state index contributed by atoms with van der Waals surface area (Å²) in [5.41, 5.74) is 7.60. The highest BCUT2D eigenvalue weighted by molar-refractivity contribution is 7.82. The van der Waals surface area contributed by atoms with Crippen LogP contribution in [0.3, 0.4) is 0 Å². The number of nitrogens with zero attached hydrogens (tertiary/aromatic N) is 2. The normalized spacial score (nSPS) is 19.2. The van der Waals surface area contributed by atoms with Crippen molar-refractivity contribution in [1.29, 1.82) is 0 Å². The molecule has 1 saturated carbocycles. The van der Waals surface area contributed by atoms with Gasteiger partial charge in [0.1, 0.15) is 0 Å². The van der Waals surface area contributed by atoms with E-state index in [-0.39, 0.29) is 5.11 Å². The lowest BCUT2D eigenvalue weighted by Crippen LogP contribution is -2.49. The Hall–Kier alpha value is -1.44. The molecule has 130 valence electrons. The van der Waals surface area contributed by atoms with Crippen molar-refractivity contribution in [2.75, 3.05) is 36.4 Å². The van der Waals surface area contributed by atoms with Crippen LogP contribution in [0.15, 0.2) is 24.3 Å². The molecule has 24 heavy (non-hydrogen) atoms. The third-order valence-electron chi connectivity index (χ3n) is 4.88. The van der Waals surface area contributed by atoms with Crippen molar-refractivity contribution in [1.82, 2.24) is 10.2 Å². The van der Waals surface area contributed by atoms with E-state index >= 15 is 0 Å². The molecule has 2 aliphatic rings. The predicted octanol–water partition coefficient (Wildman–Crippen LogP) is 2.28. The Bertz CT molecular complexity index is 575. The van der Waals surface area contributed by atoms with Gasteiger partial charge in [0.2, 0.25) is 0 Å². The maximum Gasteiger partial charge on any atom is 0.177 e. The Morgan fingerprint density at radius 3 is 2.21 bits per heavy atom. The SMILES string of the molecule is NC(=S)NC(=S)Nc1ccc(N2CCN(C3CCCC3)CC2)cc1. The van der Waals surface area contributed by atoms with Crippen molar-refractivity contribution in [3.63, 3.8) is 0 Å². The molecular formula is C17H25N5S2. The lowest BCUT2D eigenvalue weighted by Gasteiger charge is -2.39. The number of benzene rings is 1. The van der Waals surface area contributed by atoms with Crippen LogP contribution in [0.5, 0.6) is 0 Å². The Morgan fingerprint density at radius 1 is 1.00 bits per heavy atom. The monoisotopic (exact) mass is 363 g/mol. The minimum absolute atomic E-state index is 0.171. The number of hydrogen-bond donors (Lipinski definition) is 3. The van der Waals surface area contributed by atoms with Crippen LogP contribution in [0.2, 0.25) is 0 Å². The Balaban J connectivity index is 1.51. The first-order chi connectivity index (χ1) is 11.6. The van der Waals surface area contributed by atoms with Gasteiger partial charge in [0.05, 0.1) is 0 Å². The molecule has 5 nitrogen and oxygen atoms in total. The highest BCUT2D eigenvalue weighted by Gasteiger charge is 2.26. The molecule has 0 atom stereocenters. The average Bonchev–Trinajstić information content (AvgIpc) is 3.09. The van der Waals surface area contributed by atoms with E-state index in [1.807, 2.05) is 12.1 Å². The van der Waals surface area contributed by atoms with E-state index in [1.54, 1.807) is 0 Å². The molecule has 0 bridgehead atoms. The first kappa shape index (κ1) is 17.4. The van der Waals surface area contributed by atoms with E-state index < -0.39 is 0 Å². The second kappa shape index (κ2) is 8.09. The summed E-state index contributed by atoms with van der Waals surface area (Å²) in [5, 5.41) is 6.38. The summed E-state index contributed by atoms with van der Waals surface area (Å²) in [4.78, 5) is 5.14. The third-order valence-corrected chi connectivity index (χ3v) is 5.19. The predicted molar refractivity (Wildman–Crippen MR) is 109 cm³/mol. The second-order valence-corrected chi connectivity index (χ2v) is 7.30. The van der Waals surface area contributed by atoms with Gasteiger partial charge in [0, 0.05) is 43.6 Å². The summed E-state index contributed by atoms with van der Waals surface area (Å²) in [6, 6.07) is 9.17. The van der Waals surface area contributed by atoms with E-state index in [0.29, 0.717) is 5.11 Å². The number of anilines is 2.